The first-order chi connectivity index (χ1) is 6.58. The second kappa shape index (κ2) is 5.10. The average Bonchev–Trinajstić information content (AvgIpc) is 2.47. The van der Waals surface area contributed by atoms with Crippen LogP contribution in [0.25, 0.3) is 0 Å². The van der Waals surface area contributed by atoms with Gasteiger partial charge in [0.05, 0.1) is 17.1 Å². The average molecular weight is 213 g/mol. The van der Waals surface area contributed by atoms with Crippen molar-refractivity contribution < 1.29 is 9.90 Å². The Kier molecular flexibility index (Phi) is 4.07. The Morgan fingerprint density at radius 2 is 2.36 bits per heavy atom. The number of hydrogen-bond donors (Lipinski definition) is 1. The highest BCUT2D eigenvalue weighted by molar-refractivity contribution is 7.09. The van der Waals surface area contributed by atoms with Crippen molar-refractivity contribution in [2.24, 2.45) is 5.92 Å². The number of carboxylic acid groups (broad SMARTS) is 1. The number of rotatable bonds is 5. The number of hydrogen-bond acceptors (Lipinski definition) is 3. The van der Waals surface area contributed by atoms with E-state index in [0.29, 0.717) is 12.3 Å². The van der Waals surface area contributed by atoms with Gasteiger partial charge in [0.1, 0.15) is 0 Å². The van der Waals surface area contributed by atoms with Crippen molar-refractivity contribution in [3.63, 3.8) is 0 Å². The quantitative estimate of drug-likeness (QED) is 0.816. The number of aliphatic carboxylic acids is 1. The maximum Gasteiger partial charge on any atom is 0.303 e. The van der Waals surface area contributed by atoms with Gasteiger partial charge in [-0.3, -0.25) is 4.79 Å². The molecule has 0 aliphatic heterocycles. The van der Waals surface area contributed by atoms with E-state index in [-0.39, 0.29) is 6.42 Å². The SMILES string of the molecule is CC(C)Cc1csc(CCC(=O)O)n1. The number of aromatic nitrogens is 1. The first-order valence-electron chi connectivity index (χ1n) is 4.73. The van der Waals surface area contributed by atoms with Gasteiger partial charge >= 0.3 is 5.97 Å². The van der Waals surface area contributed by atoms with E-state index in [1.165, 1.54) is 0 Å². The molecule has 0 spiro atoms. The lowest BCUT2D eigenvalue weighted by atomic mass is 10.1. The highest BCUT2D eigenvalue weighted by Gasteiger charge is 2.05. The normalized spacial score (nSPS) is 10.8. The Labute approximate surface area is 87.8 Å². The molecule has 78 valence electrons. The van der Waals surface area contributed by atoms with Crippen LogP contribution >= 0.6 is 11.3 Å². The van der Waals surface area contributed by atoms with E-state index in [9.17, 15) is 4.79 Å². The smallest absolute Gasteiger partial charge is 0.303 e. The minimum absolute atomic E-state index is 0.175. The molecule has 3 nitrogen and oxygen atoms in total. The van der Waals surface area contributed by atoms with Gasteiger partial charge in [0.25, 0.3) is 0 Å². The molecule has 0 saturated heterocycles. The predicted octanol–water partition coefficient (Wildman–Crippen LogP) is 2.36. The number of carboxylic acids is 1. The van der Waals surface area contributed by atoms with E-state index in [4.69, 9.17) is 5.11 Å². The zero-order chi connectivity index (χ0) is 10.6. The summed E-state index contributed by atoms with van der Waals surface area (Å²) in [4.78, 5) is 14.7. The van der Waals surface area contributed by atoms with Crippen LogP contribution in [0, 0.1) is 5.92 Å². The lowest BCUT2D eigenvalue weighted by molar-refractivity contribution is -0.136. The van der Waals surface area contributed by atoms with Gasteiger partial charge in [-0.2, -0.15) is 0 Å². The van der Waals surface area contributed by atoms with Crippen molar-refractivity contribution in [2.75, 3.05) is 0 Å². The molecule has 0 bridgehead atoms. The van der Waals surface area contributed by atoms with E-state index in [0.717, 1.165) is 17.1 Å². The standard InChI is InChI=1S/C10H15NO2S/c1-7(2)5-8-6-14-9(11-8)3-4-10(12)13/h6-7H,3-5H2,1-2H3,(H,12,13). The second-order valence-corrected chi connectivity index (χ2v) is 4.67. The molecule has 0 aliphatic carbocycles. The van der Waals surface area contributed by atoms with E-state index in [1.54, 1.807) is 11.3 Å². The molecule has 1 heterocycles. The Morgan fingerprint density at radius 3 is 2.93 bits per heavy atom. The van der Waals surface area contributed by atoms with Gasteiger partial charge in [0, 0.05) is 11.8 Å². The van der Waals surface area contributed by atoms with Gasteiger partial charge in [0.15, 0.2) is 0 Å². The summed E-state index contributed by atoms with van der Waals surface area (Å²) < 4.78 is 0. The molecule has 14 heavy (non-hydrogen) atoms. The van der Waals surface area contributed by atoms with Crippen LogP contribution in [-0.4, -0.2) is 16.1 Å². The van der Waals surface area contributed by atoms with Gasteiger partial charge in [0.2, 0.25) is 0 Å². The summed E-state index contributed by atoms with van der Waals surface area (Å²) >= 11 is 1.56. The van der Waals surface area contributed by atoms with Crippen molar-refractivity contribution in [2.45, 2.75) is 33.1 Å². The molecule has 0 radical (unpaired) electrons. The number of thiazole rings is 1. The van der Waals surface area contributed by atoms with Crippen LogP contribution in [0.5, 0.6) is 0 Å². The monoisotopic (exact) mass is 213 g/mol. The van der Waals surface area contributed by atoms with Gasteiger partial charge in [-0.15, -0.1) is 11.3 Å². The summed E-state index contributed by atoms with van der Waals surface area (Å²) in [6.07, 6.45) is 1.70. The number of aryl methyl sites for hydroxylation is 1. The Bertz CT molecular complexity index is 307. The van der Waals surface area contributed by atoms with Gasteiger partial charge in [-0.25, -0.2) is 4.98 Å². The van der Waals surface area contributed by atoms with Crippen LogP contribution in [0.3, 0.4) is 0 Å². The maximum absolute atomic E-state index is 10.3. The molecular formula is C10H15NO2S. The van der Waals surface area contributed by atoms with Crippen molar-refractivity contribution in [3.05, 3.63) is 16.1 Å². The third-order valence-corrected chi connectivity index (χ3v) is 2.73. The second-order valence-electron chi connectivity index (χ2n) is 3.72. The summed E-state index contributed by atoms with van der Waals surface area (Å²) in [5.41, 5.74) is 1.09. The predicted molar refractivity (Wildman–Crippen MR) is 56.6 cm³/mol. The molecule has 0 saturated carbocycles. The van der Waals surface area contributed by atoms with Gasteiger partial charge in [-0.1, -0.05) is 13.8 Å². The molecule has 4 heteroatoms. The van der Waals surface area contributed by atoms with Crippen LogP contribution in [0.1, 0.15) is 31.0 Å². The van der Waals surface area contributed by atoms with E-state index in [2.05, 4.69) is 18.8 Å². The van der Waals surface area contributed by atoms with Gasteiger partial charge < -0.3 is 5.11 Å². The zero-order valence-electron chi connectivity index (χ0n) is 8.49. The van der Waals surface area contributed by atoms with Crippen molar-refractivity contribution in [1.82, 2.24) is 4.98 Å². The van der Waals surface area contributed by atoms with Crippen LogP contribution in [0.15, 0.2) is 5.38 Å². The third-order valence-electron chi connectivity index (χ3n) is 1.77. The topological polar surface area (TPSA) is 50.2 Å². The number of carbonyl (C=O) groups is 1. The molecule has 1 aromatic heterocycles. The Morgan fingerprint density at radius 1 is 1.64 bits per heavy atom. The molecule has 0 atom stereocenters. The molecule has 0 unspecified atom stereocenters. The molecule has 1 aromatic rings. The molecule has 1 rings (SSSR count). The summed E-state index contributed by atoms with van der Waals surface area (Å²) in [5.74, 6) is -0.157. The fourth-order valence-electron chi connectivity index (χ4n) is 1.19. The fourth-order valence-corrected chi connectivity index (χ4v) is 2.00. The Hall–Kier alpha value is -0.900. The maximum atomic E-state index is 10.3. The molecule has 1 N–H and O–H groups in total. The highest BCUT2D eigenvalue weighted by Crippen LogP contribution is 2.14. The van der Waals surface area contributed by atoms with E-state index < -0.39 is 5.97 Å². The van der Waals surface area contributed by atoms with Crippen molar-refractivity contribution in [1.29, 1.82) is 0 Å². The lowest BCUT2D eigenvalue weighted by Crippen LogP contribution is -1.98. The Balaban J connectivity index is 2.46. The summed E-state index contributed by atoms with van der Waals surface area (Å²) in [5, 5.41) is 11.5. The first-order valence-corrected chi connectivity index (χ1v) is 5.61. The van der Waals surface area contributed by atoms with Crippen molar-refractivity contribution in [3.8, 4) is 0 Å². The fraction of sp³-hybridized carbons (Fsp3) is 0.600. The van der Waals surface area contributed by atoms with Crippen LogP contribution in [0.4, 0.5) is 0 Å². The molecule has 0 aromatic carbocycles. The van der Waals surface area contributed by atoms with E-state index >= 15 is 0 Å². The summed E-state index contributed by atoms with van der Waals surface area (Å²) in [6, 6.07) is 0. The molecule has 0 fully saturated rings. The minimum Gasteiger partial charge on any atom is -0.481 e. The highest BCUT2D eigenvalue weighted by atomic mass is 32.1. The minimum atomic E-state index is -0.759. The van der Waals surface area contributed by atoms with Crippen LogP contribution < -0.4 is 0 Å². The summed E-state index contributed by atoms with van der Waals surface area (Å²) in [6.45, 7) is 4.30. The molecular weight excluding hydrogens is 198 g/mol. The van der Waals surface area contributed by atoms with E-state index in [1.807, 2.05) is 5.38 Å². The van der Waals surface area contributed by atoms with Gasteiger partial charge in [-0.05, 0) is 12.3 Å². The molecule has 0 aliphatic rings. The lowest BCUT2D eigenvalue weighted by Gasteiger charge is -1.98. The van der Waals surface area contributed by atoms with Crippen LogP contribution in [-0.2, 0) is 17.6 Å². The summed E-state index contributed by atoms with van der Waals surface area (Å²) in [7, 11) is 0. The zero-order valence-corrected chi connectivity index (χ0v) is 9.30. The third kappa shape index (κ3) is 3.87. The van der Waals surface area contributed by atoms with Crippen LogP contribution in [0.2, 0.25) is 0 Å². The molecule has 0 amide bonds. The number of nitrogens with zero attached hydrogens (tertiary/aromatic N) is 1. The largest absolute Gasteiger partial charge is 0.481 e. The first kappa shape index (κ1) is 11.2. The van der Waals surface area contributed by atoms with Crippen molar-refractivity contribution >= 4 is 17.3 Å².